The van der Waals surface area contributed by atoms with E-state index >= 15 is 0 Å². The molecule has 0 unspecified atom stereocenters. The van der Waals surface area contributed by atoms with Gasteiger partial charge in [0, 0.05) is 26.1 Å². The standard InChI is InChI=1S/C15H28N2O/c1-13-5-7-14(8-6-13)16(2)15(18)9-12-17-10-3-4-11-17/h13-14H,3-12H2,1-2H3. The van der Waals surface area contributed by atoms with Gasteiger partial charge in [-0.05, 0) is 57.5 Å². The van der Waals surface area contributed by atoms with Gasteiger partial charge in [-0.2, -0.15) is 0 Å². The zero-order valence-corrected chi connectivity index (χ0v) is 12.0. The van der Waals surface area contributed by atoms with E-state index in [-0.39, 0.29) is 0 Å². The Morgan fingerprint density at radius 3 is 2.39 bits per heavy atom. The first kappa shape index (κ1) is 13.9. The van der Waals surface area contributed by atoms with Gasteiger partial charge in [-0.3, -0.25) is 4.79 Å². The molecule has 0 aromatic heterocycles. The summed E-state index contributed by atoms with van der Waals surface area (Å²) >= 11 is 0. The number of carbonyl (C=O) groups is 1. The van der Waals surface area contributed by atoms with E-state index in [1.807, 2.05) is 11.9 Å². The van der Waals surface area contributed by atoms with Gasteiger partial charge in [-0.15, -0.1) is 0 Å². The minimum absolute atomic E-state index is 0.349. The minimum Gasteiger partial charge on any atom is -0.343 e. The van der Waals surface area contributed by atoms with Crippen molar-refractivity contribution in [2.75, 3.05) is 26.7 Å². The zero-order valence-electron chi connectivity index (χ0n) is 12.0. The number of amides is 1. The molecule has 2 rings (SSSR count). The molecular weight excluding hydrogens is 224 g/mol. The molecular formula is C15H28N2O. The molecule has 0 bridgehead atoms. The van der Waals surface area contributed by atoms with Gasteiger partial charge in [0.1, 0.15) is 0 Å². The molecule has 104 valence electrons. The molecule has 0 N–H and O–H groups in total. The number of hydrogen-bond donors (Lipinski definition) is 0. The minimum atomic E-state index is 0.349. The lowest BCUT2D eigenvalue weighted by atomic mass is 9.86. The smallest absolute Gasteiger partial charge is 0.223 e. The van der Waals surface area contributed by atoms with Gasteiger partial charge in [0.15, 0.2) is 0 Å². The SMILES string of the molecule is CC1CCC(N(C)C(=O)CCN2CCCC2)CC1. The monoisotopic (exact) mass is 252 g/mol. The Balaban J connectivity index is 1.70. The highest BCUT2D eigenvalue weighted by atomic mass is 16.2. The van der Waals surface area contributed by atoms with E-state index in [9.17, 15) is 4.79 Å². The molecule has 1 saturated heterocycles. The average Bonchev–Trinajstić information content (AvgIpc) is 2.89. The fourth-order valence-electron chi connectivity index (χ4n) is 3.27. The topological polar surface area (TPSA) is 23.6 Å². The predicted molar refractivity (Wildman–Crippen MR) is 74.5 cm³/mol. The van der Waals surface area contributed by atoms with Gasteiger partial charge in [0.2, 0.25) is 5.91 Å². The van der Waals surface area contributed by atoms with Crippen molar-refractivity contribution in [3.8, 4) is 0 Å². The normalized spacial score (nSPS) is 29.4. The first-order valence-electron chi connectivity index (χ1n) is 7.65. The van der Waals surface area contributed by atoms with Gasteiger partial charge in [-0.1, -0.05) is 6.92 Å². The number of carbonyl (C=O) groups excluding carboxylic acids is 1. The van der Waals surface area contributed by atoms with Crippen LogP contribution in [0.2, 0.25) is 0 Å². The molecule has 0 aromatic carbocycles. The van der Waals surface area contributed by atoms with E-state index in [2.05, 4.69) is 11.8 Å². The summed E-state index contributed by atoms with van der Waals surface area (Å²) < 4.78 is 0. The van der Waals surface area contributed by atoms with Crippen molar-refractivity contribution in [2.45, 2.75) is 57.9 Å². The lowest BCUT2D eigenvalue weighted by molar-refractivity contribution is -0.133. The molecule has 0 atom stereocenters. The summed E-state index contributed by atoms with van der Waals surface area (Å²) in [5.74, 6) is 1.20. The molecule has 0 radical (unpaired) electrons. The van der Waals surface area contributed by atoms with E-state index in [1.165, 1.54) is 51.6 Å². The maximum absolute atomic E-state index is 12.2. The molecule has 1 heterocycles. The third kappa shape index (κ3) is 3.71. The van der Waals surface area contributed by atoms with Crippen LogP contribution in [0.15, 0.2) is 0 Å². The molecule has 3 heteroatoms. The summed E-state index contributed by atoms with van der Waals surface area (Å²) in [6.07, 6.45) is 8.31. The first-order valence-corrected chi connectivity index (χ1v) is 7.65. The van der Waals surface area contributed by atoms with Crippen molar-refractivity contribution in [3.63, 3.8) is 0 Å². The molecule has 0 spiro atoms. The lowest BCUT2D eigenvalue weighted by Crippen LogP contribution is -2.40. The summed E-state index contributed by atoms with van der Waals surface area (Å²) in [4.78, 5) is 16.6. The molecule has 0 aromatic rings. The third-order valence-electron chi connectivity index (χ3n) is 4.77. The summed E-state index contributed by atoms with van der Waals surface area (Å²) in [5, 5.41) is 0. The molecule has 1 amide bonds. The molecule has 2 fully saturated rings. The Labute approximate surface area is 112 Å². The maximum Gasteiger partial charge on any atom is 0.223 e. The van der Waals surface area contributed by atoms with Crippen LogP contribution >= 0.6 is 0 Å². The molecule has 18 heavy (non-hydrogen) atoms. The Morgan fingerprint density at radius 1 is 1.17 bits per heavy atom. The third-order valence-corrected chi connectivity index (χ3v) is 4.77. The molecule has 1 aliphatic heterocycles. The number of hydrogen-bond acceptors (Lipinski definition) is 2. The summed E-state index contributed by atoms with van der Waals surface area (Å²) in [6.45, 7) is 5.67. The van der Waals surface area contributed by atoms with Crippen molar-refractivity contribution in [1.82, 2.24) is 9.80 Å². The van der Waals surface area contributed by atoms with Gasteiger partial charge in [0.05, 0.1) is 0 Å². The second-order valence-corrected chi connectivity index (χ2v) is 6.22. The second-order valence-electron chi connectivity index (χ2n) is 6.22. The Morgan fingerprint density at radius 2 is 1.78 bits per heavy atom. The van der Waals surface area contributed by atoms with Crippen LogP contribution in [0.3, 0.4) is 0 Å². The highest BCUT2D eigenvalue weighted by molar-refractivity contribution is 5.76. The van der Waals surface area contributed by atoms with Crippen LogP contribution in [-0.4, -0.2) is 48.4 Å². The van der Waals surface area contributed by atoms with Crippen LogP contribution in [0.1, 0.15) is 51.9 Å². The van der Waals surface area contributed by atoms with Crippen LogP contribution in [-0.2, 0) is 4.79 Å². The maximum atomic E-state index is 12.2. The van der Waals surface area contributed by atoms with Crippen LogP contribution in [0.5, 0.6) is 0 Å². The van der Waals surface area contributed by atoms with Gasteiger partial charge >= 0.3 is 0 Å². The molecule has 3 nitrogen and oxygen atoms in total. The number of rotatable bonds is 4. The van der Waals surface area contributed by atoms with Crippen molar-refractivity contribution in [3.05, 3.63) is 0 Å². The van der Waals surface area contributed by atoms with Crippen LogP contribution in [0.4, 0.5) is 0 Å². The largest absolute Gasteiger partial charge is 0.343 e. The Hall–Kier alpha value is -0.570. The fraction of sp³-hybridized carbons (Fsp3) is 0.933. The molecule has 2 aliphatic rings. The van der Waals surface area contributed by atoms with Crippen molar-refractivity contribution >= 4 is 5.91 Å². The second kappa shape index (κ2) is 6.55. The van der Waals surface area contributed by atoms with E-state index < -0.39 is 0 Å². The average molecular weight is 252 g/mol. The first-order chi connectivity index (χ1) is 8.66. The van der Waals surface area contributed by atoms with Gasteiger partial charge in [-0.25, -0.2) is 0 Å². The summed E-state index contributed by atoms with van der Waals surface area (Å²) in [6, 6.07) is 0.507. The fourth-order valence-corrected chi connectivity index (χ4v) is 3.27. The van der Waals surface area contributed by atoms with E-state index in [0.29, 0.717) is 18.4 Å². The van der Waals surface area contributed by atoms with Crippen molar-refractivity contribution in [2.24, 2.45) is 5.92 Å². The summed E-state index contributed by atoms with van der Waals surface area (Å²) in [5.41, 5.74) is 0. The summed E-state index contributed by atoms with van der Waals surface area (Å²) in [7, 11) is 2.01. The zero-order chi connectivity index (χ0) is 13.0. The van der Waals surface area contributed by atoms with Crippen LogP contribution in [0.25, 0.3) is 0 Å². The highest BCUT2D eigenvalue weighted by Gasteiger charge is 2.25. The number of nitrogens with zero attached hydrogens (tertiary/aromatic N) is 2. The van der Waals surface area contributed by atoms with Crippen molar-refractivity contribution in [1.29, 1.82) is 0 Å². The van der Waals surface area contributed by atoms with E-state index in [0.717, 1.165) is 12.5 Å². The Bertz CT molecular complexity index is 266. The molecule has 1 saturated carbocycles. The van der Waals surface area contributed by atoms with Gasteiger partial charge in [0.25, 0.3) is 0 Å². The van der Waals surface area contributed by atoms with Crippen LogP contribution < -0.4 is 0 Å². The van der Waals surface area contributed by atoms with Crippen LogP contribution in [0, 0.1) is 5.92 Å². The highest BCUT2D eigenvalue weighted by Crippen LogP contribution is 2.26. The Kier molecular flexibility index (Phi) is 5.04. The van der Waals surface area contributed by atoms with Crippen molar-refractivity contribution < 1.29 is 4.79 Å². The van der Waals surface area contributed by atoms with E-state index in [4.69, 9.17) is 0 Å². The van der Waals surface area contributed by atoms with E-state index in [1.54, 1.807) is 0 Å². The number of likely N-dealkylation sites (tertiary alicyclic amines) is 1. The lowest BCUT2D eigenvalue weighted by Gasteiger charge is -2.34. The van der Waals surface area contributed by atoms with Gasteiger partial charge < -0.3 is 9.80 Å². The molecule has 1 aliphatic carbocycles. The predicted octanol–water partition coefficient (Wildman–Crippen LogP) is 2.51. The quantitative estimate of drug-likeness (QED) is 0.767.